The van der Waals surface area contributed by atoms with Crippen LogP contribution < -0.4 is 0 Å². The lowest BCUT2D eigenvalue weighted by Gasteiger charge is -1.97. The van der Waals surface area contributed by atoms with E-state index in [9.17, 15) is 4.39 Å². The molecule has 1 N–H and O–H groups in total. The van der Waals surface area contributed by atoms with Crippen molar-refractivity contribution in [2.24, 2.45) is 0 Å². The fourth-order valence-electron chi connectivity index (χ4n) is 0.964. The fourth-order valence-corrected chi connectivity index (χ4v) is 2.69. The number of aromatic nitrogens is 1. The van der Waals surface area contributed by atoms with Crippen molar-refractivity contribution in [3.05, 3.63) is 20.8 Å². The summed E-state index contributed by atoms with van der Waals surface area (Å²) in [7, 11) is 0. The van der Waals surface area contributed by atoms with E-state index in [1.165, 1.54) is 17.4 Å². The zero-order valence-corrected chi connectivity index (χ0v) is 9.17. The number of phenols is 1. The summed E-state index contributed by atoms with van der Waals surface area (Å²) in [5.74, 6) is -1.28. The summed E-state index contributed by atoms with van der Waals surface area (Å²) in [5, 5.41) is 8.97. The molecule has 0 aliphatic carbocycles. The van der Waals surface area contributed by atoms with Gasteiger partial charge in [-0.15, -0.1) is 11.3 Å². The van der Waals surface area contributed by atoms with Crippen LogP contribution in [0.4, 0.5) is 4.39 Å². The topological polar surface area (TPSA) is 33.1 Å². The molecule has 13 heavy (non-hydrogen) atoms. The van der Waals surface area contributed by atoms with E-state index in [2.05, 4.69) is 20.9 Å². The molecule has 0 fully saturated rings. The summed E-state index contributed by atoms with van der Waals surface area (Å²) in [6, 6.07) is 1.30. The molecule has 0 aliphatic rings. The maximum Gasteiger partial charge on any atom is 0.185 e. The van der Waals surface area contributed by atoms with Gasteiger partial charge in [0.05, 0.1) is 4.70 Å². The third-order valence-corrected chi connectivity index (χ3v) is 3.32. The van der Waals surface area contributed by atoms with Crippen molar-refractivity contribution in [1.82, 2.24) is 4.98 Å². The normalized spacial score (nSPS) is 11.0. The minimum atomic E-state index is -0.827. The number of hydrogen-bond donors (Lipinski definition) is 1. The molecule has 1 aromatic heterocycles. The molecular formula is C7H2BrClFNOS. The van der Waals surface area contributed by atoms with Gasteiger partial charge in [-0.25, -0.2) is 9.37 Å². The second-order valence-corrected chi connectivity index (χ2v) is 5.02. The number of benzene rings is 1. The number of phenolic OH excluding ortho intramolecular Hbond substituents is 1. The quantitative estimate of drug-likeness (QED) is 0.801. The highest BCUT2D eigenvalue weighted by Gasteiger charge is 2.14. The zero-order valence-electron chi connectivity index (χ0n) is 6.01. The van der Waals surface area contributed by atoms with E-state index in [0.29, 0.717) is 14.1 Å². The highest BCUT2D eigenvalue weighted by Crippen LogP contribution is 2.36. The molecule has 0 atom stereocenters. The molecule has 1 aromatic carbocycles. The van der Waals surface area contributed by atoms with Gasteiger partial charge in [0, 0.05) is 6.07 Å². The monoisotopic (exact) mass is 281 g/mol. The minimum Gasteiger partial charge on any atom is -0.505 e. The Morgan fingerprint density at radius 2 is 2.31 bits per heavy atom. The van der Waals surface area contributed by atoms with Crippen LogP contribution in [-0.2, 0) is 0 Å². The molecule has 0 unspecified atom stereocenters. The van der Waals surface area contributed by atoms with Gasteiger partial charge in [0.25, 0.3) is 0 Å². The van der Waals surface area contributed by atoms with E-state index in [-0.39, 0.29) is 5.02 Å². The summed E-state index contributed by atoms with van der Waals surface area (Å²) in [6.07, 6.45) is 0. The van der Waals surface area contributed by atoms with Gasteiger partial charge in [0.15, 0.2) is 15.5 Å². The van der Waals surface area contributed by atoms with Crippen LogP contribution in [0.1, 0.15) is 0 Å². The maximum absolute atomic E-state index is 13.0. The van der Waals surface area contributed by atoms with Crippen molar-refractivity contribution < 1.29 is 9.50 Å². The van der Waals surface area contributed by atoms with Crippen LogP contribution in [0.3, 0.4) is 0 Å². The van der Waals surface area contributed by atoms with E-state index in [0.717, 1.165) is 0 Å². The van der Waals surface area contributed by atoms with Gasteiger partial charge in [-0.3, -0.25) is 0 Å². The highest BCUT2D eigenvalue weighted by atomic mass is 79.9. The lowest BCUT2D eigenvalue weighted by Crippen LogP contribution is -1.80. The Kier molecular flexibility index (Phi) is 2.17. The molecule has 0 saturated heterocycles. The molecule has 2 aromatic rings. The molecule has 0 spiro atoms. The first-order valence-electron chi connectivity index (χ1n) is 3.22. The molecular weight excluding hydrogens is 281 g/mol. The lowest BCUT2D eigenvalue weighted by atomic mass is 10.3. The molecule has 0 amide bonds. The number of hydrogen-bond acceptors (Lipinski definition) is 3. The van der Waals surface area contributed by atoms with Gasteiger partial charge in [0.2, 0.25) is 0 Å². The van der Waals surface area contributed by atoms with Crippen LogP contribution in [0.5, 0.6) is 5.75 Å². The predicted octanol–water partition coefficient (Wildman–Crippen LogP) is 3.56. The maximum atomic E-state index is 13.0. The average Bonchev–Trinajstić information content (AvgIpc) is 2.42. The summed E-state index contributed by atoms with van der Waals surface area (Å²) >= 11 is 10.1. The van der Waals surface area contributed by atoms with Crippen LogP contribution >= 0.6 is 38.9 Å². The molecule has 2 rings (SSSR count). The van der Waals surface area contributed by atoms with Crippen molar-refractivity contribution in [2.75, 3.05) is 0 Å². The highest BCUT2D eigenvalue weighted by molar-refractivity contribution is 9.11. The molecule has 0 radical (unpaired) electrons. The summed E-state index contributed by atoms with van der Waals surface area (Å²) < 4.78 is 14.3. The van der Waals surface area contributed by atoms with Crippen molar-refractivity contribution in [2.45, 2.75) is 0 Å². The Morgan fingerprint density at radius 1 is 1.62 bits per heavy atom. The van der Waals surface area contributed by atoms with Gasteiger partial charge >= 0.3 is 0 Å². The molecule has 0 saturated carbocycles. The first kappa shape index (κ1) is 9.18. The Hall–Kier alpha value is -0.390. The van der Waals surface area contributed by atoms with E-state index in [1.807, 2.05) is 0 Å². The van der Waals surface area contributed by atoms with Crippen LogP contribution in [0.2, 0.25) is 5.02 Å². The Morgan fingerprint density at radius 3 is 3.00 bits per heavy atom. The van der Waals surface area contributed by atoms with E-state index >= 15 is 0 Å². The number of thiazole rings is 1. The van der Waals surface area contributed by atoms with Crippen molar-refractivity contribution >= 4 is 49.1 Å². The second kappa shape index (κ2) is 3.08. The van der Waals surface area contributed by atoms with E-state index in [1.54, 1.807) is 0 Å². The second-order valence-electron chi connectivity index (χ2n) is 2.34. The van der Waals surface area contributed by atoms with E-state index < -0.39 is 11.6 Å². The van der Waals surface area contributed by atoms with Gasteiger partial charge in [0.1, 0.15) is 10.5 Å². The molecule has 0 bridgehead atoms. The molecule has 1 heterocycles. The van der Waals surface area contributed by atoms with Crippen LogP contribution in [0, 0.1) is 5.82 Å². The third kappa shape index (κ3) is 1.41. The van der Waals surface area contributed by atoms with Gasteiger partial charge in [-0.05, 0) is 15.9 Å². The Bertz CT molecular complexity index is 487. The number of halogens is 3. The molecule has 0 aliphatic heterocycles. The molecule has 68 valence electrons. The van der Waals surface area contributed by atoms with E-state index in [4.69, 9.17) is 16.7 Å². The van der Waals surface area contributed by atoms with Gasteiger partial charge in [-0.2, -0.15) is 0 Å². The molecule has 2 nitrogen and oxygen atoms in total. The largest absolute Gasteiger partial charge is 0.505 e. The number of fused-ring (bicyclic) bond motifs is 1. The van der Waals surface area contributed by atoms with Gasteiger partial charge in [-0.1, -0.05) is 11.6 Å². The number of nitrogens with zero attached hydrogens (tertiary/aromatic N) is 1. The fraction of sp³-hybridized carbons (Fsp3) is 0. The standard InChI is InChI=1S/C7H2BrClFNOS/c8-7-11-6-3(13-7)1-2(12)5(10)4(6)9/h1,12H. The first-order valence-corrected chi connectivity index (χ1v) is 5.21. The van der Waals surface area contributed by atoms with Crippen molar-refractivity contribution in [1.29, 1.82) is 0 Å². The van der Waals surface area contributed by atoms with Crippen molar-refractivity contribution in [3.8, 4) is 5.75 Å². The first-order chi connectivity index (χ1) is 6.09. The average molecular weight is 283 g/mol. The zero-order chi connectivity index (χ0) is 9.59. The van der Waals surface area contributed by atoms with Crippen LogP contribution in [0.15, 0.2) is 9.98 Å². The Labute approximate surface area is 90.1 Å². The van der Waals surface area contributed by atoms with Crippen LogP contribution in [0.25, 0.3) is 10.2 Å². The summed E-state index contributed by atoms with van der Waals surface area (Å²) in [6.45, 7) is 0. The predicted molar refractivity (Wildman–Crippen MR) is 54.0 cm³/mol. The Balaban J connectivity index is 2.92. The smallest absolute Gasteiger partial charge is 0.185 e. The summed E-state index contributed by atoms with van der Waals surface area (Å²) in [5.41, 5.74) is 0.369. The SMILES string of the molecule is Oc1cc2sc(Br)nc2c(Cl)c1F. The van der Waals surface area contributed by atoms with Crippen LogP contribution in [-0.4, -0.2) is 10.1 Å². The van der Waals surface area contributed by atoms with Gasteiger partial charge < -0.3 is 5.11 Å². The summed E-state index contributed by atoms with van der Waals surface area (Å²) in [4.78, 5) is 3.97. The third-order valence-electron chi connectivity index (χ3n) is 1.52. The number of rotatable bonds is 0. The lowest BCUT2D eigenvalue weighted by molar-refractivity contribution is 0.434. The molecule has 6 heteroatoms. The van der Waals surface area contributed by atoms with Crippen molar-refractivity contribution in [3.63, 3.8) is 0 Å². The number of aromatic hydroxyl groups is 1. The minimum absolute atomic E-state index is 0.142.